The Bertz CT molecular complexity index is 835. The summed E-state index contributed by atoms with van der Waals surface area (Å²) in [6.07, 6.45) is 13.0. The lowest BCUT2D eigenvalue weighted by Gasteiger charge is -2.30. The zero-order chi connectivity index (χ0) is 37.1. The Hall–Kier alpha value is -0.0600. The predicted octanol–water partition coefficient (Wildman–Crippen LogP) is 9.52. The molecular weight excluding hydrogens is 755 g/mol. The summed E-state index contributed by atoms with van der Waals surface area (Å²) in [5.74, 6) is 1.62. The SMILES string of the molecule is CCCCCCSSCCOC(=O)CC(CC(=O)OCCSSCCCCCC)(OC(=O)CCN(C)C)C(=O)OCCSSCCCCCC. The van der Waals surface area contributed by atoms with E-state index in [1.54, 1.807) is 69.7 Å². The van der Waals surface area contributed by atoms with E-state index in [9.17, 15) is 19.2 Å². The summed E-state index contributed by atoms with van der Waals surface area (Å²) in [7, 11) is 13.7. The van der Waals surface area contributed by atoms with Crippen molar-refractivity contribution in [1.29, 1.82) is 0 Å². The first-order chi connectivity index (χ1) is 24.2. The first kappa shape index (κ1) is 49.9. The van der Waals surface area contributed by atoms with E-state index in [1.165, 1.54) is 57.8 Å². The summed E-state index contributed by atoms with van der Waals surface area (Å²) in [4.78, 5) is 54.8. The number of unbranched alkanes of at least 4 members (excludes halogenated alkanes) is 9. The molecule has 0 aliphatic carbocycles. The van der Waals surface area contributed by atoms with Crippen LogP contribution in [0, 0.1) is 0 Å². The van der Waals surface area contributed by atoms with Crippen LogP contribution in [0.3, 0.4) is 0 Å². The molecule has 15 heteroatoms. The zero-order valence-corrected chi connectivity index (χ0v) is 36.2. The van der Waals surface area contributed by atoms with Crippen LogP contribution in [0.5, 0.6) is 0 Å². The van der Waals surface area contributed by atoms with Crippen molar-refractivity contribution in [2.24, 2.45) is 0 Å². The zero-order valence-electron chi connectivity index (χ0n) is 31.3. The molecule has 0 rings (SSSR count). The third-order valence-electron chi connectivity index (χ3n) is 7.06. The van der Waals surface area contributed by atoms with Gasteiger partial charge in [0.1, 0.15) is 19.8 Å². The normalized spacial score (nSPS) is 11.5. The fraction of sp³-hybridized carbons (Fsp3) is 0.886. The molecule has 0 saturated carbocycles. The number of rotatable bonds is 36. The molecule has 0 atom stereocenters. The summed E-state index contributed by atoms with van der Waals surface area (Å²) in [5.41, 5.74) is -2.18. The molecule has 0 amide bonds. The van der Waals surface area contributed by atoms with E-state index in [1.807, 2.05) is 14.1 Å². The van der Waals surface area contributed by atoms with Crippen molar-refractivity contribution in [3.05, 3.63) is 0 Å². The number of carbonyl (C=O) groups is 4. The second-order valence-corrected chi connectivity index (χ2v) is 20.2. The van der Waals surface area contributed by atoms with Gasteiger partial charge >= 0.3 is 23.9 Å². The number of nitrogens with zero attached hydrogens (tertiary/aromatic N) is 1. The molecule has 0 aromatic heterocycles. The largest absolute Gasteiger partial charge is 0.465 e. The van der Waals surface area contributed by atoms with Crippen LogP contribution in [-0.2, 0) is 38.1 Å². The Morgan fingerprint density at radius 1 is 0.500 bits per heavy atom. The summed E-state index contributed by atoms with van der Waals surface area (Å²) < 4.78 is 22.3. The summed E-state index contributed by atoms with van der Waals surface area (Å²) in [5, 5.41) is 0. The standard InChI is InChI=1S/C35H65NO8S6/c1-6-9-12-15-23-45-48-26-20-41-32(38)29-35(44-31(37)18-19-36(4)5,34(40)43-22-28-50-47-25-17-14-11-8-3)30-33(39)42-21-27-49-46-24-16-13-10-7-2/h6-30H2,1-5H3. The molecule has 0 radical (unpaired) electrons. The van der Waals surface area contributed by atoms with Crippen LogP contribution in [0.4, 0.5) is 0 Å². The molecule has 0 fully saturated rings. The van der Waals surface area contributed by atoms with Gasteiger partial charge in [0, 0.05) is 41.1 Å². The monoisotopic (exact) mass is 819 g/mol. The van der Waals surface area contributed by atoms with Crippen LogP contribution < -0.4 is 0 Å². The number of hydrogen-bond acceptors (Lipinski definition) is 15. The van der Waals surface area contributed by atoms with Crippen LogP contribution in [0.1, 0.15) is 117 Å². The Morgan fingerprint density at radius 2 is 0.880 bits per heavy atom. The molecule has 50 heavy (non-hydrogen) atoms. The summed E-state index contributed by atoms with van der Waals surface area (Å²) in [6, 6.07) is 0. The number of ether oxygens (including phenoxy) is 4. The fourth-order valence-electron chi connectivity index (χ4n) is 4.27. The molecule has 0 spiro atoms. The number of hydrogen-bond donors (Lipinski definition) is 0. The first-order valence-electron chi connectivity index (χ1n) is 18.3. The van der Waals surface area contributed by atoms with E-state index >= 15 is 0 Å². The van der Waals surface area contributed by atoms with E-state index in [2.05, 4.69) is 20.8 Å². The van der Waals surface area contributed by atoms with Gasteiger partial charge in [-0.2, -0.15) is 0 Å². The molecule has 0 heterocycles. The van der Waals surface area contributed by atoms with E-state index in [-0.39, 0.29) is 26.2 Å². The molecule has 0 aliphatic rings. The lowest BCUT2D eigenvalue weighted by Crippen LogP contribution is -2.49. The van der Waals surface area contributed by atoms with E-state index in [0.29, 0.717) is 23.8 Å². The van der Waals surface area contributed by atoms with E-state index in [0.717, 1.165) is 36.5 Å². The van der Waals surface area contributed by atoms with Crippen LogP contribution in [-0.4, -0.2) is 109 Å². The Kier molecular flexibility index (Phi) is 35.9. The topological polar surface area (TPSA) is 108 Å². The van der Waals surface area contributed by atoms with E-state index < -0.39 is 42.3 Å². The van der Waals surface area contributed by atoms with Gasteiger partial charge < -0.3 is 23.8 Å². The lowest BCUT2D eigenvalue weighted by atomic mass is 9.94. The van der Waals surface area contributed by atoms with Crippen molar-refractivity contribution in [3.8, 4) is 0 Å². The number of esters is 4. The van der Waals surface area contributed by atoms with Gasteiger partial charge in [0.25, 0.3) is 0 Å². The average molecular weight is 820 g/mol. The van der Waals surface area contributed by atoms with Gasteiger partial charge in [-0.25, -0.2) is 4.79 Å². The molecule has 0 saturated heterocycles. The minimum Gasteiger partial charge on any atom is -0.465 e. The van der Waals surface area contributed by atoms with Crippen molar-refractivity contribution in [2.45, 2.75) is 123 Å². The van der Waals surface area contributed by atoms with Crippen LogP contribution in [0.25, 0.3) is 0 Å². The molecule has 0 aromatic rings. The van der Waals surface area contributed by atoms with Crippen molar-refractivity contribution < 1.29 is 38.1 Å². The average Bonchev–Trinajstić information content (AvgIpc) is 3.08. The van der Waals surface area contributed by atoms with Crippen molar-refractivity contribution in [3.63, 3.8) is 0 Å². The molecule has 0 bridgehead atoms. The highest BCUT2D eigenvalue weighted by Crippen LogP contribution is 2.29. The van der Waals surface area contributed by atoms with Gasteiger partial charge in [-0.05, 0) is 33.4 Å². The maximum atomic E-state index is 13.7. The van der Waals surface area contributed by atoms with Gasteiger partial charge in [0.15, 0.2) is 0 Å². The van der Waals surface area contributed by atoms with Gasteiger partial charge in [0.05, 0.1) is 19.3 Å². The Balaban J connectivity index is 5.43. The smallest absolute Gasteiger partial charge is 0.351 e. The third-order valence-corrected chi connectivity index (χ3v) is 14.4. The maximum Gasteiger partial charge on any atom is 0.351 e. The summed E-state index contributed by atoms with van der Waals surface area (Å²) >= 11 is 0. The van der Waals surface area contributed by atoms with Crippen molar-refractivity contribution in [1.82, 2.24) is 4.90 Å². The molecule has 0 unspecified atom stereocenters. The lowest BCUT2D eigenvalue weighted by molar-refractivity contribution is -0.191. The Morgan fingerprint density at radius 3 is 1.26 bits per heavy atom. The van der Waals surface area contributed by atoms with Crippen LogP contribution >= 0.6 is 64.8 Å². The minimum absolute atomic E-state index is 0.0329. The van der Waals surface area contributed by atoms with Gasteiger partial charge in [-0.3, -0.25) is 14.4 Å². The predicted molar refractivity (Wildman–Crippen MR) is 221 cm³/mol. The molecule has 0 N–H and O–H groups in total. The molecule has 294 valence electrons. The van der Waals surface area contributed by atoms with Gasteiger partial charge in [-0.15, -0.1) is 0 Å². The molecule has 0 aromatic carbocycles. The molecular formula is C35H65NO8S6. The first-order valence-corrected chi connectivity index (χ1v) is 25.7. The second kappa shape index (κ2) is 35.9. The van der Waals surface area contributed by atoms with Crippen LogP contribution in [0.15, 0.2) is 0 Å². The van der Waals surface area contributed by atoms with E-state index in [4.69, 9.17) is 18.9 Å². The van der Waals surface area contributed by atoms with Crippen molar-refractivity contribution in [2.75, 3.05) is 75.0 Å². The van der Waals surface area contributed by atoms with Crippen LogP contribution in [0.2, 0.25) is 0 Å². The highest BCUT2D eigenvalue weighted by atomic mass is 33.1. The third kappa shape index (κ3) is 30.4. The summed E-state index contributed by atoms with van der Waals surface area (Å²) in [6.45, 7) is 7.23. The van der Waals surface area contributed by atoms with Gasteiger partial charge in [0.2, 0.25) is 5.60 Å². The highest BCUT2D eigenvalue weighted by Gasteiger charge is 2.49. The quantitative estimate of drug-likeness (QED) is 0.0259. The molecule has 0 aliphatic heterocycles. The maximum absolute atomic E-state index is 13.7. The van der Waals surface area contributed by atoms with Crippen molar-refractivity contribution >= 4 is 88.6 Å². The highest BCUT2D eigenvalue weighted by molar-refractivity contribution is 8.77. The second-order valence-electron chi connectivity index (χ2n) is 12.1. The Labute approximate surface area is 327 Å². The van der Waals surface area contributed by atoms with Gasteiger partial charge in [-0.1, -0.05) is 143 Å². The molecule has 9 nitrogen and oxygen atoms in total. The minimum atomic E-state index is -2.18. The fourth-order valence-corrected chi connectivity index (χ4v) is 10.2. The number of carbonyl (C=O) groups excluding carboxylic acids is 4.